The van der Waals surface area contributed by atoms with E-state index in [0.29, 0.717) is 0 Å². The summed E-state index contributed by atoms with van der Waals surface area (Å²) in [5.41, 5.74) is 2.35. The second-order valence-electron chi connectivity index (χ2n) is 2.85. The third-order valence-electron chi connectivity index (χ3n) is 2.12. The highest BCUT2D eigenvalue weighted by atomic mass is 16.5. The Morgan fingerprint density at radius 2 is 2.08 bits per heavy atom. The van der Waals surface area contributed by atoms with Gasteiger partial charge in [-0.3, -0.25) is 0 Å². The minimum absolute atomic E-state index is 0.903. The van der Waals surface area contributed by atoms with Crippen molar-refractivity contribution in [3.63, 3.8) is 0 Å². The van der Waals surface area contributed by atoms with Gasteiger partial charge in [-0.15, -0.1) is 0 Å². The van der Waals surface area contributed by atoms with Gasteiger partial charge in [0, 0.05) is 11.6 Å². The first-order valence-electron chi connectivity index (χ1n) is 3.93. The number of nitrogens with one attached hydrogen (secondary N) is 1. The Morgan fingerprint density at radius 3 is 2.83 bits per heavy atom. The van der Waals surface area contributed by atoms with Crippen LogP contribution in [0.4, 0.5) is 0 Å². The fourth-order valence-corrected chi connectivity index (χ4v) is 1.45. The van der Waals surface area contributed by atoms with Crippen LogP contribution in [0.5, 0.6) is 5.75 Å². The summed E-state index contributed by atoms with van der Waals surface area (Å²) >= 11 is 0. The van der Waals surface area contributed by atoms with Crippen LogP contribution in [-0.4, -0.2) is 12.1 Å². The summed E-state index contributed by atoms with van der Waals surface area (Å²) in [6.45, 7) is 2.09. The number of benzene rings is 1. The van der Waals surface area contributed by atoms with Crippen LogP contribution in [0.25, 0.3) is 10.9 Å². The summed E-state index contributed by atoms with van der Waals surface area (Å²) in [4.78, 5) is 3.15. The lowest BCUT2D eigenvalue weighted by Crippen LogP contribution is -1.84. The zero-order valence-corrected chi connectivity index (χ0v) is 7.22. The third-order valence-corrected chi connectivity index (χ3v) is 2.12. The lowest BCUT2D eigenvalue weighted by Gasteiger charge is -2.02. The Hall–Kier alpha value is -1.44. The lowest BCUT2D eigenvalue weighted by atomic mass is 10.1. The number of aromatic amines is 1. The van der Waals surface area contributed by atoms with Crippen molar-refractivity contribution in [2.75, 3.05) is 7.11 Å². The molecule has 0 saturated carbocycles. The smallest absolute Gasteiger partial charge is 0.142 e. The Balaban J connectivity index is 2.82. The van der Waals surface area contributed by atoms with Crippen molar-refractivity contribution in [2.24, 2.45) is 0 Å². The van der Waals surface area contributed by atoms with Crippen LogP contribution in [0.15, 0.2) is 24.4 Å². The molecule has 0 aliphatic carbocycles. The van der Waals surface area contributed by atoms with E-state index in [2.05, 4.69) is 24.0 Å². The van der Waals surface area contributed by atoms with Crippen molar-refractivity contribution >= 4 is 10.9 Å². The van der Waals surface area contributed by atoms with Crippen LogP contribution in [-0.2, 0) is 0 Å². The molecule has 1 heterocycles. The lowest BCUT2D eigenvalue weighted by molar-refractivity contribution is 0.419. The average Bonchev–Trinajstić information content (AvgIpc) is 2.54. The molecule has 0 saturated heterocycles. The number of rotatable bonds is 1. The molecule has 1 N–H and O–H groups in total. The van der Waals surface area contributed by atoms with E-state index in [4.69, 9.17) is 4.74 Å². The van der Waals surface area contributed by atoms with Gasteiger partial charge in [0.1, 0.15) is 5.75 Å². The molecule has 0 aliphatic rings. The SMILES string of the molecule is COc1ccc(C)c2cc[nH]c12. The minimum atomic E-state index is 0.903. The Bertz CT molecular complexity index is 403. The number of H-pyrrole nitrogens is 1. The molecular formula is C10H11NO. The molecule has 12 heavy (non-hydrogen) atoms. The Morgan fingerprint density at radius 1 is 1.25 bits per heavy atom. The van der Waals surface area contributed by atoms with Crippen molar-refractivity contribution < 1.29 is 4.74 Å². The molecule has 62 valence electrons. The number of aromatic nitrogens is 1. The van der Waals surface area contributed by atoms with Gasteiger partial charge in [-0.1, -0.05) is 6.07 Å². The summed E-state index contributed by atoms with van der Waals surface area (Å²) in [5, 5.41) is 1.23. The van der Waals surface area contributed by atoms with Gasteiger partial charge in [-0.25, -0.2) is 0 Å². The summed E-state index contributed by atoms with van der Waals surface area (Å²) in [5.74, 6) is 0.903. The van der Waals surface area contributed by atoms with Crippen molar-refractivity contribution in [1.82, 2.24) is 4.98 Å². The van der Waals surface area contributed by atoms with Crippen molar-refractivity contribution in [3.05, 3.63) is 30.0 Å². The van der Waals surface area contributed by atoms with Crippen molar-refractivity contribution in [1.29, 1.82) is 0 Å². The fraction of sp³-hybridized carbons (Fsp3) is 0.200. The minimum Gasteiger partial charge on any atom is -0.495 e. The molecule has 2 aromatic rings. The Labute approximate surface area is 71.2 Å². The molecule has 2 rings (SSSR count). The number of ether oxygens (including phenoxy) is 1. The highest BCUT2D eigenvalue weighted by Crippen LogP contribution is 2.26. The topological polar surface area (TPSA) is 25.0 Å². The molecule has 1 aromatic heterocycles. The number of hydrogen-bond donors (Lipinski definition) is 1. The maximum atomic E-state index is 5.21. The predicted octanol–water partition coefficient (Wildman–Crippen LogP) is 2.48. The van der Waals surface area contributed by atoms with Gasteiger partial charge in [0.05, 0.1) is 12.6 Å². The zero-order chi connectivity index (χ0) is 8.55. The van der Waals surface area contributed by atoms with Gasteiger partial charge >= 0.3 is 0 Å². The maximum absolute atomic E-state index is 5.21. The first-order valence-corrected chi connectivity index (χ1v) is 3.93. The highest BCUT2D eigenvalue weighted by molar-refractivity contribution is 5.87. The van der Waals surface area contributed by atoms with Gasteiger partial charge in [-0.05, 0) is 24.6 Å². The largest absolute Gasteiger partial charge is 0.495 e. The standard InChI is InChI=1S/C10H11NO/c1-7-3-4-9(12-2)10-8(7)5-6-11-10/h3-6,11H,1-2H3. The van der Waals surface area contributed by atoms with Crippen molar-refractivity contribution in [3.8, 4) is 5.75 Å². The van der Waals surface area contributed by atoms with E-state index in [1.165, 1.54) is 10.9 Å². The van der Waals surface area contributed by atoms with E-state index in [9.17, 15) is 0 Å². The molecule has 2 heteroatoms. The van der Waals surface area contributed by atoms with E-state index in [0.717, 1.165) is 11.3 Å². The second-order valence-corrected chi connectivity index (χ2v) is 2.85. The number of methoxy groups -OCH3 is 1. The fourth-order valence-electron chi connectivity index (χ4n) is 1.45. The zero-order valence-electron chi connectivity index (χ0n) is 7.22. The summed E-state index contributed by atoms with van der Waals surface area (Å²) in [7, 11) is 1.69. The molecule has 0 atom stereocenters. The predicted molar refractivity (Wildman–Crippen MR) is 49.6 cm³/mol. The average molecular weight is 161 g/mol. The first-order chi connectivity index (χ1) is 5.83. The van der Waals surface area contributed by atoms with Crippen LogP contribution in [0.3, 0.4) is 0 Å². The number of fused-ring (bicyclic) bond motifs is 1. The van der Waals surface area contributed by atoms with E-state index in [1.807, 2.05) is 12.3 Å². The number of hydrogen-bond acceptors (Lipinski definition) is 1. The van der Waals surface area contributed by atoms with Crippen LogP contribution >= 0.6 is 0 Å². The Kier molecular flexibility index (Phi) is 1.54. The quantitative estimate of drug-likeness (QED) is 0.682. The van der Waals surface area contributed by atoms with Gasteiger partial charge in [-0.2, -0.15) is 0 Å². The molecule has 0 bridgehead atoms. The van der Waals surface area contributed by atoms with E-state index >= 15 is 0 Å². The van der Waals surface area contributed by atoms with Gasteiger partial charge < -0.3 is 9.72 Å². The van der Waals surface area contributed by atoms with Crippen molar-refractivity contribution in [2.45, 2.75) is 6.92 Å². The molecule has 0 fully saturated rings. The van der Waals surface area contributed by atoms with E-state index in [-0.39, 0.29) is 0 Å². The molecule has 0 aliphatic heterocycles. The molecule has 2 nitrogen and oxygen atoms in total. The van der Waals surface area contributed by atoms with E-state index in [1.54, 1.807) is 7.11 Å². The van der Waals surface area contributed by atoms with Gasteiger partial charge in [0.25, 0.3) is 0 Å². The van der Waals surface area contributed by atoms with E-state index < -0.39 is 0 Å². The molecule has 0 spiro atoms. The summed E-state index contributed by atoms with van der Waals surface area (Å²) in [6, 6.07) is 6.11. The highest BCUT2D eigenvalue weighted by Gasteiger charge is 2.02. The molecule has 0 amide bonds. The summed E-state index contributed by atoms with van der Waals surface area (Å²) in [6.07, 6.45) is 1.93. The molecule has 0 unspecified atom stereocenters. The molecule has 0 radical (unpaired) electrons. The summed E-state index contributed by atoms with van der Waals surface area (Å²) < 4.78 is 5.21. The van der Waals surface area contributed by atoms with Crippen LogP contribution in [0, 0.1) is 6.92 Å². The maximum Gasteiger partial charge on any atom is 0.142 e. The van der Waals surface area contributed by atoms with Gasteiger partial charge in [0.15, 0.2) is 0 Å². The van der Waals surface area contributed by atoms with Crippen LogP contribution in [0.1, 0.15) is 5.56 Å². The van der Waals surface area contributed by atoms with Crippen LogP contribution in [0.2, 0.25) is 0 Å². The van der Waals surface area contributed by atoms with Crippen LogP contribution < -0.4 is 4.74 Å². The van der Waals surface area contributed by atoms with Gasteiger partial charge in [0.2, 0.25) is 0 Å². The third kappa shape index (κ3) is 0.881. The normalized spacial score (nSPS) is 10.5. The number of aryl methyl sites for hydroxylation is 1. The first kappa shape index (κ1) is 7.22. The monoisotopic (exact) mass is 161 g/mol. The molecular weight excluding hydrogens is 150 g/mol. The second kappa shape index (κ2) is 2.55. The molecule has 1 aromatic carbocycles.